The summed E-state index contributed by atoms with van der Waals surface area (Å²) in [5.41, 5.74) is 5.40. The van der Waals surface area contributed by atoms with Crippen molar-refractivity contribution >= 4 is 0 Å². The van der Waals surface area contributed by atoms with E-state index in [2.05, 4.69) is 36.6 Å². The van der Waals surface area contributed by atoms with Gasteiger partial charge in [-0.1, -0.05) is 29.8 Å². The maximum Gasteiger partial charge on any atom is 0.105 e. The first-order valence-electron chi connectivity index (χ1n) is 5.82. The van der Waals surface area contributed by atoms with Crippen molar-refractivity contribution < 1.29 is 4.42 Å². The van der Waals surface area contributed by atoms with Crippen LogP contribution in [-0.4, -0.2) is 6.04 Å². The number of hydrogen-bond acceptors (Lipinski definition) is 3. The molecule has 90 valence electrons. The van der Waals surface area contributed by atoms with Crippen molar-refractivity contribution in [2.24, 2.45) is 5.84 Å². The Morgan fingerprint density at radius 2 is 1.94 bits per heavy atom. The van der Waals surface area contributed by atoms with Gasteiger partial charge in [0.25, 0.3) is 0 Å². The van der Waals surface area contributed by atoms with Crippen molar-refractivity contribution in [1.82, 2.24) is 5.43 Å². The molecule has 0 aliphatic rings. The normalized spacial score (nSPS) is 12.6. The van der Waals surface area contributed by atoms with E-state index >= 15 is 0 Å². The predicted molar refractivity (Wildman–Crippen MR) is 68.4 cm³/mol. The van der Waals surface area contributed by atoms with E-state index in [0.29, 0.717) is 0 Å². The van der Waals surface area contributed by atoms with Crippen LogP contribution in [0.1, 0.15) is 16.9 Å². The van der Waals surface area contributed by atoms with Crippen LogP contribution in [0.15, 0.2) is 47.1 Å². The largest absolute Gasteiger partial charge is 0.469 e. The molecule has 0 saturated carbocycles. The minimum atomic E-state index is 0.198. The highest BCUT2D eigenvalue weighted by atomic mass is 16.3. The monoisotopic (exact) mass is 230 g/mol. The van der Waals surface area contributed by atoms with E-state index in [-0.39, 0.29) is 6.04 Å². The van der Waals surface area contributed by atoms with Crippen LogP contribution in [0.3, 0.4) is 0 Å². The van der Waals surface area contributed by atoms with Crippen molar-refractivity contribution in [3.8, 4) is 0 Å². The van der Waals surface area contributed by atoms with Crippen LogP contribution in [0.4, 0.5) is 0 Å². The Morgan fingerprint density at radius 3 is 2.53 bits per heavy atom. The second-order valence-electron chi connectivity index (χ2n) is 4.34. The van der Waals surface area contributed by atoms with Gasteiger partial charge < -0.3 is 4.42 Å². The van der Waals surface area contributed by atoms with Crippen LogP contribution in [0.2, 0.25) is 0 Å². The van der Waals surface area contributed by atoms with Gasteiger partial charge in [0.05, 0.1) is 6.26 Å². The fourth-order valence-electron chi connectivity index (χ4n) is 1.87. The van der Waals surface area contributed by atoms with Gasteiger partial charge in [-0.2, -0.15) is 0 Å². The first-order chi connectivity index (χ1) is 8.28. The van der Waals surface area contributed by atoms with Crippen molar-refractivity contribution in [2.45, 2.75) is 25.8 Å². The lowest BCUT2D eigenvalue weighted by atomic mass is 10.0. The minimum Gasteiger partial charge on any atom is -0.469 e. The Balaban J connectivity index is 1.97. The zero-order chi connectivity index (χ0) is 12.1. The SMILES string of the molecule is Cc1ccc(CC(Cc2ccco2)NN)cc1. The van der Waals surface area contributed by atoms with Crippen LogP contribution in [0, 0.1) is 6.92 Å². The third-order valence-corrected chi connectivity index (χ3v) is 2.87. The van der Waals surface area contributed by atoms with Crippen LogP contribution in [-0.2, 0) is 12.8 Å². The van der Waals surface area contributed by atoms with Crippen LogP contribution in [0.5, 0.6) is 0 Å². The molecule has 0 radical (unpaired) electrons. The minimum absolute atomic E-state index is 0.198. The summed E-state index contributed by atoms with van der Waals surface area (Å²) in [5.74, 6) is 6.53. The molecule has 3 heteroatoms. The highest BCUT2D eigenvalue weighted by Gasteiger charge is 2.10. The van der Waals surface area contributed by atoms with E-state index < -0.39 is 0 Å². The van der Waals surface area contributed by atoms with Gasteiger partial charge in [-0.05, 0) is 31.0 Å². The van der Waals surface area contributed by atoms with Crippen molar-refractivity contribution in [3.05, 3.63) is 59.5 Å². The molecule has 3 nitrogen and oxygen atoms in total. The lowest BCUT2D eigenvalue weighted by Gasteiger charge is -2.14. The van der Waals surface area contributed by atoms with E-state index in [0.717, 1.165) is 18.6 Å². The van der Waals surface area contributed by atoms with Crippen LogP contribution >= 0.6 is 0 Å². The maximum absolute atomic E-state index is 5.58. The molecule has 0 spiro atoms. The molecule has 2 aromatic rings. The molecule has 0 aliphatic heterocycles. The topological polar surface area (TPSA) is 51.2 Å². The van der Waals surface area contributed by atoms with E-state index in [1.54, 1.807) is 6.26 Å². The van der Waals surface area contributed by atoms with Crippen LogP contribution < -0.4 is 11.3 Å². The summed E-state index contributed by atoms with van der Waals surface area (Å²) < 4.78 is 5.33. The molecular formula is C14H18N2O. The quantitative estimate of drug-likeness (QED) is 0.611. The Labute approximate surface area is 102 Å². The smallest absolute Gasteiger partial charge is 0.105 e. The first kappa shape index (κ1) is 11.9. The second-order valence-corrected chi connectivity index (χ2v) is 4.34. The molecule has 1 unspecified atom stereocenters. The average molecular weight is 230 g/mol. The third kappa shape index (κ3) is 3.44. The molecule has 1 aromatic carbocycles. The molecule has 0 amide bonds. The number of benzene rings is 1. The molecule has 1 heterocycles. The standard InChI is InChI=1S/C14H18N2O/c1-11-4-6-12(7-5-11)9-13(16-15)10-14-3-2-8-17-14/h2-8,13,16H,9-10,15H2,1H3. The van der Waals surface area contributed by atoms with Crippen molar-refractivity contribution in [2.75, 3.05) is 0 Å². The van der Waals surface area contributed by atoms with Gasteiger partial charge in [-0.3, -0.25) is 11.3 Å². The number of hydrogen-bond donors (Lipinski definition) is 2. The predicted octanol–water partition coefficient (Wildman–Crippen LogP) is 2.21. The number of hydrazine groups is 1. The fraction of sp³-hybridized carbons (Fsp3) is 0.286. The summed E-state index contributed by atoms with van der Waals surface area (Å²) in [6.45, 7) is 2.09. The number of rotatable bonds is 5. The van der Waals surface area contributed by atoms with Crippen molar-refractivity contribution in [3.63, 3.8) is 0 Å². The highest BCUT2D eigenvalue weighted by Crippen LogP contribution is 2.10. The molecule has 0 fully saturated rings. The summed E-state index contributed by atoms with van der Waals surface area (Å²) in [4.78, 5) is 0. The lowest BCUT2D eigenvalue weighted by Crippen LogP contribution is -2.38. The number of furan rings is 1. The van der Waals surface area contributed by atoms with E-state index in [1.807, 2.05) is 12.1 Å². The molecule has 1 atom stereocenters. The summed E-state index contributed by atoms with van der Waals surface area (Å²) in [6.07, 6.45) is 3.39. The summed E-state index contributed by atoms with van der Waals surface area (Å²) >= 11 is 0. The van der Waals surface area contributed by atoms with Gasteiger partial charge in [-0.15, -0.1) is 0 Å². The van der Waals surface area contributed by atoms with Crippen molar-refractivity contribution in [1.29, 1.82) is 0 Å². The molecule has 3 N–H and O–H groups in total. The molecule has 1 aromatic heterocycles. The first-order valence-corrected chi connectivity index (χ1v) is 5.82. The van der Waals surface area contributed by atoms with E-state index in [1.165, 1.54) is 11.1 Å². The third-order valence-electron chi connectivity index (χ3n) is 2.87. The molecule has 0 aliphatic carbocycles. The molecule has 0 bridgehead atoms. The Morgan fingerprint density at radius 1 is 1.18 bits per heavy atom. The van der Waals surface area contributed by atoms with Crippen LogP contribution in [0.25, 0.3) is 0 Å². The Kier molecular flexibility index (Phi) is 3.96. The maximum atomic E-state index is 5.58. The lowest BCUT2D eigenvalue weighted by molar-refractivity contribution is 0.444. The summed E-state index contributed by atoms with van der Waals surface area (Å²) in [5, 5.41) is 0. The summed E-state index contributed by atoms with van der Waals surface area (Å²) in [6, 6.07) is 12.6. The molecule has 17 heavy (non-hydrogen) atoms. The van der Waals surface area contributed by atoms with Gasteiger partial charge in [0.15, 0.2) is 0 Å². The number of nitrogens with two attached hydrogens (primary N) is 1. The molecule has 2 rings (SSSR count). The van der Waals surface area contributed by atoms with Gasteiger partial charge in [0, 0.05) is 12.5 Å². The highest BCUT2D eigenvalue weighted by molar-refractivity contribution is 5.22. The number of nitrogens with one attached hydrogen (secondary N) is 1. The Hall–Kier alpha value is -1.58. The summed E-state index contributed by atoms with van der Waals surface area (Å²) in [7, 11) is 0. The number of aryl methyl sites for hydroxylation is 1. The van der Waals surface area contributed by atoms with E-state index in [4.69, 9.17) is 10.3 Å². The molecule has 0 saturated heterocycles. The van der Waals surface area contributed by atoms with Gasteiger partial charge in [0.1, 0.15) is 5.76 Å². The fourth-order valence-corrected chi connectivity index (χ4v) is 1.87. The Bertz CT molecular complexity index is 434. The zero-order valence-electron chi connectivity index (χ0n) is 10.0. The zero-order valence-corrected chi connectivity index (χ0v) is 10.0. The van der Waals surface area contributed by atoms with Gasteiger partial charge >= 0.3 is 0 Å². The second kappa shape index (κ2) is 5.66. The molecular weight excluding hydrogens is 212 g/mol. The van der Waals surface area contributed by atoms with Gasteiger partial charge in [-0.25, -0.2) is 0 Å². The van der Waals surface area contributed by atoms with Gasteiger partial charge in [0.2, 0.25) is 0 Å². The average Bonchev–Trinajstić information content (AvgIpc) is 2.84. The van der Waals surface area contributed by atoms with E-state index in [9.17, 15) is 0 Å².